The number of hydrogen-bond acceptors (Lipinski definition) is 4. The molecule has 0 fully saturated rings. The molecule has 1 aromatic heterocycles. The molecule has 2 rings (SSSR count). The van der Waals surface area contributed by atoms with E-state index in [1.165, 1.54) is 6.07 Å². The molecule has 0 bridgehead atoms. The van der Waals surface area contributed by atoms with Crippen LogP contribution >= 0.6 is 0 Å². The molecule has 1 amide bonds. The summed E-state index contributed by atoms with van der Waals surface area (Å²) < 4.78 is 11.3. The fraction of sp³-hybridized carbons (Fsp3) is 0.455. The van der Waals surface area contributed by atoms with Gasteiger partial charge in [-0.25, -0.2) is 4.79 Å². The van der Waals surface area contributed by atoms with Crippen LogP contribution in [-0.2, 0) is 11.2 Å². The van der Waals surface area contributed by atoms with Crippen LogP contribution in [0, 0.1) is 12.8 Å². The predicted octanol–water partition coefficient (Wildman–Crippen LogP) is 4.76. The van der Waals surface area contributed by atoms with Crippen molar-refractivity contribution in [1.82, 2.24) is 5.32 Å². The zero-order chi connectivity index (χ0) is 20.2. The van der Waals surface area contributed by atoms with E-state index >= 15 is 0 Å². The van der Waals surface area contributed by atoms with Gasteiger partial charge in [0.05, 0.1) is 6.04 Å². The Morgan fingerprint density at radius 3 is 2.37 bits per heavy atom. The summed E-state index contributed by atoms with van der Waals surface area (Å²) in [5.74, 6) is 1.02. The Morgan fingerprint density at radius 2 is 1.81 bits per heavy atom. The zero-order valence-corrected chi connectivity index (χ0v) is 17.0. The summed E-state index contributed by atoms with van der Waals surface area (Å²) in [6.45, 7) is 11.1. The number of nitrogens with one attached hydrogen (secondary N) is 1. The Balaban J connectivity index is 2.43. The van der Waals surface area contributed by atoms with Gasteiger partial charge in [0.1, 0.15) is 17.1 Å². The maximum Gasteiger partial charge on any atom is 0.408 e. The minimum absolute atomic E-state index is 0.0111. The highest BCUT2D eigenvalue weighted by Crippen LogP contribution is 2.26. The van der Waals surface area contributed by atoms with Crippen molar-refractivity contribution in [3.63, 3.8) is 0 Å². The first-order valence-electron chi connectivity index (χ1n) is 9.24. The Bertz CT molecular complexity index is 832. The van der Waals surface area contributed by atoms with Crippen molar-refractivity contribution in [2.75, 3.05) is 0 Å². The Morgan fingerprint density at radius 1 is 1.19 bits per heavy atom. The molecule has 0 saturated carbocycles. The smallest absolute Gasteiger partial charge is 0.408 e. The van der Waals surface area contributed by atoms with E-state index in [9.17, 15) is 9.59 Å². The maximum atomic E-state index is 12.7. The van der Waals surface area contributed by atoms with Crippen molar-refractivity contribution in [3.05, 3.63) is 69.3 Å². The molecule has 0 aliphatic carbocycles. The van der Waals surface area contributed by atoms with Crippen LogP contribution in [0.4, 0.5) is 4.79 Å². The van der Waals surface area contributed by atoms with Crippen molar-refractivity contribution in [3.8, 4) is 0 Å². The van der Waals surface area contributed by atoms with Crippen LogP contribution in [0.2, 0.25) is 0 Å². The molecule has 0 aliphatic rings. The third-order valence-electron chi connectivity index (χ3n) is 4.05. The van der Waals surface area contributed by atoms with E-state index in [-0.39, 0.29) is 11.3 Å². The van der Waals surface area contributed by atoms with Gasteiger partial charge in [-0.05, 0) is 39.2 Å². The zero-order valence-electron chi connectivity index (χ0n) is 17.0. The summed E-state index contributed by atoms with van der Waals surface area (Å²) in [6.07, 6.45) is -0.0890. The lowest BCUT2D eigenvalue weighted by Gasteiger charge is -2.26. The summed E-state index contributed by atoms with van der Waals surface area (Å²) in [5.41, 5.74) is 0.872. The molecule has 0 radical (unpaired) electrons. The first-order valence-corrected chi connectivity index (χ1v) is 9.24. The van der Waals surface area contributed by atoms with Crippen LogP contribution in [0.3, 0.4) is 0 Å². The van der Waals surface area contributed by atoms with Crippen molar-refractivity contribution in [1.29, 1.82) is 0 Å². The highest BCUT2D eigenvalue weighted by Gasteiger charge is 2.28. The van der Waals surface area contributed by atoms with Gasteiger partial charge < -0.3 is 14.5 Å². The second kappa shape index (κ2) is 8.42. The van der Waals surface area contributed by atoms with E-state index in [4.69, 9.17) is 9.15 Å². The average Bonchev–Trinajstić information content (AvgIpc) is 2.54. The van der Waals surface area contributed by atoms with E-state index in [1.54, 1.807) is 6.92 Å². The monoisotopic (exact) mass is 371 g/mol. The quantitative estimate of drug-likeness (QED) is 0.823. The topological polar surface area (TPSA) is 68.5 Å². The van der Waals surface area contributed by atoms with Crippen LogP contribution in [0.25, 0.3) is 0 Å². The third-order valence-corrected chi connectivity index (χ3v) is 4.05. The molecule has 27 heavy (non-hydrogen) atoms. The minimum atomic E-state index is -0.605. The predicted molar refractivity (Wildman–Crippen MR) is 106 cm³/mol. The molecule has 0 unspecified atom stereocenters. The number of aryl methyl sites for hydroxylation is 1. The lowest BCUT2D eigenvalue weighted by atomic mass is 9.94. The van der Waals surface area contributed by atoms with Crippen LogP contribution in [0.1, 0.15) is 63.3 Å². The highest BCUT2D eigenvalue weighted by molar-refractivity contribution is 5.68. The van der Waals surface area contributed by atoms with E-state index in [0.29, 0.717) is 23.5 Å². The van der Waals surface area contributed by atoms with E-state index in [0.717, 1.165) is 5.56 Å². The number of carbonyl (C=O) groups excluding carboxylic acids is 1. The van der Waals surface area contributed by atoms with E-state index in [2.05, 4.69) is 5.32 Å². The van der Waals surface area contributed by atoms with Crippen molar-refractivity contribution >= 4 is 6.09 Å². The van der Waals surface area contributed by atoms with Gasteiger partial charge in [-0.2, -0.15) is 0 Å². The van der Waals surface area contributed by atoms with Gasteiger partial charge in [0.2, 0.25) is 0 Å². The molecule has 2 aromatic rings. The van der Waals surface area contributed by atoms with Crippen molar-refractivity contribution < 1.29 is 13.9 Å². The summed E-state index contributed by atoms with van der Waals surface area (Å²) in [6, 6.07) is 10.8. The number of alkyl carbamates (subject to hydrolysis) is 1. The molecule has 1 atom stereocenters. The molecule has 0 aliphatic heterocycles. The molecule has 5 heteroatoms. The lowest BCUT2D eigenvalue weighted by Crippen LogP contribution is -2.37. The lowest BCUT2D eigenvalue weighted by molar-refractivity contribution is 0.0479. The van der Waals surface area contributed by atoms with Gasteiger partial charge in [0, 0.05) is 18.1 Å². The minimum Gasteiger partial charge on any atom is -0.464 e. The second-order valence-electron chi connectivity index (χ2n) is 8.09. The molecular weight excluding hydrogens is 342 g/mol. The molecule has 5 nitrogen and oxygen atoms in total. The average molecular weight is 371 g/mol. The Hall–Kier alpha value is -2.56. The third kappa shape index (κ3) is 5.98. The summed E-state index contributed by atoms with van der Waals surface area (Å²) in [7, 11) is 0. The fourth-order valence-electron chi connectivity index (χ4n) is 2.85. The molecule has 0 spiro atoms. The van der Waals surface area contributed by atoms with Gasteiger partial charge in [-0.1, -0.05) is 44.2 Å². The van der Waals surface area contributed by atoms with Crippen LogP contribution in [0.15, 0.2) is 45.6 Å². The highest BCUT2D eigenvalue weighted by atomic mass is 16.6. The van der Waals surface area contributed by atoms with Gasteiger partial charge >= 0.3 is 6.09 Å². The number of amides is 1. The maximum absolute atomic E-state index is 12.7. The first-order chi connectivity index (χ1) is 12.6. The second-order valence-corrected chi connectivity index (χ2v) is 8.09. The summed E-state index contributed by atoms with van der Waals surface area (Å²) >= 11 is 0. The van der Waals surface area contributed by atoms with Crippen molar-refractivity contribution in [2.45, 2.75) is 59.6 Å². The van der Waals surface area contributed by atoms with Gasteiger partial charge in [-0.15, -0.1) is 0 Å². The number of benzene rings is 1. The van der Waals surface area contributed by atoms with Crippen LogP contribution in [-0.4, -0.2) is 11.7 Å². The van der Waals surface area contributed by atoms with E-state index < -0.39 is 17.7 Å². The molecule has 1 aromatic carbocycles. The SMILES string of the molecule is Cc1cc(=O)c(Cc2ccccc2)c([C@H](NC(=O)OC(C)(C)C)C(C)C)o1. The number of rotatable bonds is 5. The standard InChI is InChI=1S/C22H29NO4/c1-14(2)19(23-21(25)27-22(4,5)6)20-17(18(24)12-15(3)26-20)13-16-10-8-7-9-11-16/h7-12,14,19H,13H2,1-6H3,(H,23,25)/t19-/m1/s1. The molecule has 0 saturated heterocycles. The summed E-state index contributed by atoms with van der Waals surface area (Å²) in [5, 5.41) is 2.88. The Kier molecular flexibility index (Phi) is 6.47. The normalized spacial score (nSPS) is 12.7. The molecule has 1 N–H and O–H groups in total. The molecule has 146 valence electrons. The first kappa shape index (κ1) is 20.7. The van der Waals surface area contributed by atoms with Gasteiger partial charge in [-0.3, -0.25) is 4.79 Å². The number of carbonyl (C=O) groups is 1. The van der Waals surface area contributed by atoms with E-state index in [1.807, 2.05) is 65.0 Å². The van der Waals surface area contributed by atoms with Gasteiger partial charge in [0.25, 0.3) is 0 Å². The number of hydrogen-bond donors (Lipinski definition) is 1. The molecular formula is C22H29NO4. The van der Waals surface area contributed by atoms with Crippen LogP contribution < -0.4 is 10.7 Å². The largest absolute Gasteiger partial charge is 0.464 e. The van der Waals surface area contributed by atoms with Gasteiger partial charge in [0.15, 0.2) is 5.43 Å². The fourth-order valence-corrected chi connectivity index (χ4v) is 2.85. The van der Waals surface area contributed by atoms with Crippen LogP contribution in [0.5, 0.6) is 0 Å². The summed E-state index contributed by atoms with van der Waals surface area (Å²) in [4.78, 5) is 25.0. The van der Waals surface area contributed by atoms with Crippen molar-refractivity contribution in [2.24, 2.45) is 5.92 Å². The Labute approximate surface area is 160 Å². The molecule has 1 heterocycles. The number of ether oxygens (including phenoxy) is 1.